The van der Waals surface area contributed by atoms with Crippen LogP contribution < -0.4 is 18.9 Å². The number of methoxy groups -OCH3 is 3. The van der Waals surface area contributed by atoms with Crippen molar-refractivity contribution >= 4 is 30.9 Å². The first-order valence-corrected chi connectivity index (χ1v) is 24.0. The van der Waals surface area contributed by atoms with Gasteiger partial charge in [-0.2, -0.15) is 0 Å². The largest absolute Gasteiger partial charge is 0.493 e. The van der Waals surface area contributed by atoms with Gasteiger partial charge in [0.05, 0.1) is 21.3 Å². The summed E-state index contributed by atoms with van der Waals surface area (Å²) in [7, 11) is 2.26. The van der Waals surface area contributed by atoms with Gasteiger partial charge in [0.2, 0.25) is 0 Å². The quantitative estimate of drug-likeness (QED) is 0.113. The SMILES string of the molecule is COc1cc(CCC[Si](C)(C)O[Si](C)(C)C)ccc1OC(C)=O.COc1ccc(CCC[Si](C)(C)OC)cc1OC. The van der Waals surface area contributed by atoms with E-state index in [9.17, 15) is 4.79 Å². The minimum atomic E-state index is -1.59. The predicted molar refractivity (Wildman–Crippen MR) is 177 cm³/mol. The fraction of sp³-hybridized carbons (Fsp3) is 0.581. The summed E-state index contributed by atoms with van der Waals surface area (Å²) >= 11 is 0. The first-order valence-electron chi connectivity index (χ1n) is 14.4. The Morgan fingerprint density at radius 1 is 0.634 bits per heavy atom. The van der Waals surface area contributed by atoms with E-state index in [0.717, 1.165) is 43.2 Å². The molecular formula is C31H54O7Si3. The fourth-order valence-corrected chi connectivity index (χ4v) is 13.9. The van der Waals surface area contributed by atoms with E-state index < -0.39 is 25.0 Å². The smallest absolute Gasteiger partial charge is 0.308 e. The van der Waals surface area contributed by atoms with Crippen LogP contribution in [0.15, 0.2) is 36.4 Å². The Morgan fingerprint density at radius 3 is 1.49 bits per heavy atom. The predicted octanol–water partition coefficient (Wildman–Crippen LogP) is 8.10. The molecule has 0 heterocycles. The summed E-state index contributed by atoms with van der Waals surface area (Å²) in [5.41, 5.74) is 2.48. The van der Waals surface area contributed by atoms with Gasteiger partial charge in [0.25, 0.3) is 0 Å². The molecule has 0 aliphatic heterocycles. The monoisotopic (exact) mass is 622 g/mol. The molecule has 2 aromatic carbocycles. The van der Waals surface area contributed by atoms with Crippen LogP contribution in [0.4, 0.5) is 0 Å². The lowest BCUT2D eigenvalue weighted by molar-refractivity contribution is -0.132. The van der Waals surface area contributed by atoms with Crippen LogP contribution in [0.25, 0.3) is 0 Å². The maximum atomic E-state index is 11.1. The van der Waals surface area contributed by atoms with Crippen LogP contribution in [0.5, 0.6) is 23.0 Å². The topological polar surface area (TPSA) is 72.5 Å². The molecule has 41 heavy (non-hydrogen) atoms. The Morgan fingerprint density at radius 2 is 1.07 bits per heavy atom. The van der Waals surface area contributed by atoms with Crippen LogP contribution in [-0.4, -0.2) is 59.4 Å². The van der Waals surface area contributed by atoms with Gasteiger partial charge < -0.3 is 27.5 Å². The minimum Gasteiger partial charge on any atom is -0.493 e. The average molecular weight is 623 g/mol. The molecule has 0 saturated carbocycles. The number of rotatable bonds is 15. The van der Waals surface area contributed by atoms with E-state index in [1.54, 1.807) is 27.4 Å². The van der Waals surface area contributed by atoms with E-state index in [4.69, 9.17) is 27.5 Å². The molecule has 0 aliphatic rings. The van der Waals surface area contributed by atoms with Crippen molar-refractivity contribution in [3.63, 3.8) is 0 Å². The molecule has 0 radical (unpaired) electrons. The van der Waals surface area contributed by atoms with E-state index in [-0.39, 0.29) is 5.97 Å². The maximum Gasteiger partial charge on any atom is 0.308 e. The molecule has 0 amide bonds. The Hall–Kier alpha value is -2.12. The number of carbonyl (C=O) groups excluding carboxylic acids is 1. The Kier molecular flexibility index (Phi) is 15.4. The molecule has 0 N–H and O–H groups in total. The molecule has 0 spiro atoms. The van der Waals surface area contributed by atoms with Gasteiger partial charge >= 0.3 is 5.97 Å². The van der Waals surface area contributed by atoms with Gasteiger partial charge in [0.15, 0.2) is 48.0 Å². The Labute approximate surface area is 252 Å². The highest BCUT2D eigenvalue weighted by molar-refractivity contribution is 6.84. The second kappa shape index (κ2) is 17.1. The summed E-state index contributed by atoms with van der Waals surface area (Å²) in [6.07, 6.45) is 4.28. The maximum absolute atomic E-state index is 11.1. The molecule has 7 nitrogen and oxygen atoms in total. The van der Waals surface area contributed by atoms with Crippen molar-refractivity contribution in [2.75, 3.05) is 28.4 Å². The molecule has 10 heteroatoms. The third kappa shape index (κ3) is 15.1. The summed E-state index contributed by atoms with van der Waals surface area (Å²) in [4.78, 5) is 11.1. The molecule has 0 unspecified atom stereocenters. The van der Waals surface area contributed by atoms with Gasteiger partial charge in [-0.3, -0.25) is 4.79 Å². The van der Waals surface area contributed by atoms with Crippen LogP contribution in [0.1, 0.15) is 30.9 Å². The fourth-order valence-electron chi connectivity index (χ4n) is 4.56. The molecule has 0 aromatic heterocycles. The number of carbonyl (C=O) groups is 1. The van der Waals surface area contributed by atoms with Crippen LogP contribution in [0, 0.1) is 0 Å². The summed E-state index contributed by atoms with van der Waals surface area (Å²) in [6.45, 7) is 17.2. The zero-order valence-electron chi connectivity index (χ0n) is 27.6. The van der Waals surface area contributed by atoms with E-state index in [1.807, 2.05) is 25.3 Å². The van der Waals surface area contributed by atoms with Crippen molar-refractivity contribution in [3.05, 3.63) is 47.5 Å². The van der Waals surface area contributed by atoms with Crippen molar-refractivity contribution in [1.29, 1.82) is 0 Å². The lowest BCUT2D eigenvalue weighted by atomic mass is 10.1. The van der Waals surface area contributed by atoms with E-state index >= 15 is 0 Å². The van der Waals surface area contributed by atoms with Crippen LogP contribution in [0.2, 0.25) is 57.9 Å². The molecule has 2 rings (SSSR count). The summed E-state index contributed by atoms with van der Waals surface area (Å²) in [6, 6.07) is 14.2. The second-order valence-electron chi connectivity index (χ2n) is 12.4. The number of esters is 1. The molecule has 0 aliphatic carbocycles. The lowest BCUT2D eigenvalue weighted by Gasteiger charge is -2.31. The van der Waals surface area contributed by atoms with Gasteiger partial charge in [0.1, 0.15) is 0 Å². The van der Waals surface area contributed by atoms with Gasteiger partial charge in [-0.05, 0) is 119 Å². The number of aryl methyl sites for hydroxylation is 2. The van der Waals surface area contributed by atoms with E-state index in [0.29, 0.717) is 11.5 Å². The van der Waals surface area contributed by atoms with Crippen LogP contribution in [-0.2, 0) is 26.2 Å². The molecule has 0 fully saturated rings. The zero-order valence-corrected chi connectivity index (χ0v) is 30.6. The van der Waals surface area contributed by atoms with Gasteiger partial charge in [0, 0.05) is 14.0 Å². The third-order valence-electron chi connectivity index (χ3n) is 6.55. The summed E-state index contributed by atoms with van der Waals surface area (Å²) < 4.78 is 32.9. The van der Waals surface area contributed by atoms with Crippen LogP contribution >= 0.6 is 0 Å². The Balaban J connectivity index is 0.000000422. The van der Waals surface area contributed by atoms with Crippen molar-refractivity contribution in [3.8, 4) is 23.0 Å². The molecule has 2 aromatic rings. The highest BCUT2D eigenvalue weighted by Gasteiger charge is 2.29. The molecular weight excluding hydrogens is 569 g/mol. The molecule has 0 saturated heterocycles. The highest BCUT2D eigenvalue weighted by Crippen LogP contribution is 2.30. The average Bonchev–Trinajstić information content (AvgIpc) is 2.87. The number of benzene rings is 2. The number of hydrogen-bond donors (Lipinski definition) is 0. The first-order chi connectivity index (χ1) is 19.0. The van der Waals surface area contributed by atoms with Gasteiger partial charge in [-0.25, -0.2) is 0 Å². The van der Waals surface area contributed by atoms with Crippen molar-refractivity contribution in [1.82, 2.24) is 0 Å². The standard InChI is InChI=1S/C17H30O4Si2.C14H24O3Si/c1-14(18)20-16-11-10-15(13-17(16)19-2)9-8-12-23(6,7)21-22(3,4)5;1-15-13-9-8-12(11-14(13)16-2)7-6-10-18(4,5)17-3/h10-11,13H,8-9,12H2,1-7H3;8-9,11H,6-7,10H2,1-5H3. The first kappa shape index (κ1) is 36.9. The number of hydrogen-bond acceptors (Lipinski definition) is 7. The molecule has 232 valence electrons. The zero-order chi connectivity index (χ0) is 31.3. The third-order valence-corrected chi connectivity index (χ3v) is 15.4. The van der Waals surface area contributed by atoms with Gasteiger partial charge in [-0.15, -0.1) is 0 Å². The summed E-state index contributed by atoms with van der Waals surface area (Å²) in [5, 5.41) is 0. The van der Waals surface area contributed by atoms with Crippen molar-refractivity contribution < 1.29 is 32.3 Å². The minimum absolute atomic E-state index is 0.340. The van der Waals surface area contributed by atoms with Crippen LogP contribution in [0.3, 0.4) is 0 Å². The molecule has 0 bridgehead atoms. The van der Waals surface area contributed by atoms with E-state index in [1.165, 1.54) is 24.1 Å². The van der Waals surface area contributed by atoms with Gasteiger partial charge in [-0.1, -0.05) is 12.1 Å². The van der Waals surface area contributed by atoms with E-state index in [2.05, 4.69) is 58.0 Å². The highest BCUT2D eigenvalue weighted by atomic mass is 28.4. The number of ether oxygens (including phenoxy) is 4. The van der Waals surface area contributed by atoms with Crippen molar-refractivity contribution in [2.45, 2.75) is 90.5 Å². The summed E-state index contributed by atoms with van der Waals surface area (Å²) in [5.74, 6) is 2.33. The Bertz CT molecular complexity index is 1080. The molecule has 0 atom stereocenters. The lowest BCUT2D eigenvalue weighted by Crippen LogP contribution is -2.42. The van der Waals surface area contributed by atoms with Crippen molar-refractivity contribution in [2.24, 2.45) is 0 Å². The second-order valence-corrected chi connectivity index (χ2v) is 25.9. The normalized spacial score (nSPS) is 11.8.